The fourth-order valence-corrected chi connectivity index (χ4v) is 3.54. The molecule has 0 saturated carbocycles. The summed E-state index contributed by atoms with van der Waals surface area (Å²) >= 11 is 0. The van der Waals surface area contributed by atoms with Crippen LogP contribution in [-0.4, -0.2) is 25.5 Å². The van der Waals surface area contributed by atoms with Gasteiger partial charge in [0.15, 0.2) is 5.78 Å². The molecule has 0 radical (unpaired) electrons. The van der Waals surface area contributed by atoms with Gasteiger partial charge in [-0.2, -0.15) is 0 Å². The molecule has 0 aromatic heterocycles. The molecule has 2 aromatic carbocycles. The fraction of sp³-hybridized carbons (Fsp3) is 0.304. The van der Waals surface area contributed by atoms with Gasteiger partial charge in [-0.25, -0.2) is 0 Å². The molecule has 0 N–H and O–H groups in total. The van der Waals surface area contributed by atoms with Gasteiger partial charge in [-0.15, -0.1) is 0 Å². The van der Waals surface area contributed by atoms with Crippen molar-refractivity contribution in [3.8, 4) is 5.75 Å². The van der Waals surface area contributed by atoms with E-state index in [0.29, 0.717) is 12.2 Å². The van der Waals surface area contributed by atoms with Crippen molar-refractivity contribution in [1.82, 2.24) is 0 Å². The monoisotopic (exact) mass is 364 g/mol. The largest absolute Gasteiger partial charge is 0.497 e. The third-order valence-electron chi connectivity index (χ3n) is 4.95. The summed E-state index contributed by atoms with van der Waals surface area (Å²) in [5.74, 6) is -1.08. The first-order chi connectivity index (χ1) is 13.0. The summed E-state index contributed by atoms with van der Waals surface area (Å²) in [4.78, 5) is 25.4. The molecule has 4 heteroatoms. The summed E-state index contributed by atoms with van der Waals surface area (Å²) in [6.45, 7) is 4.03. The molecule has 0 amide bonds. The van der Waals surface area contributed by atoms with Gasteiger partial charge in [0.05, 0.1) is 13.7 Å². The Kier molecular flexibility index (Phi) is 5.75. The van der Waals surface area contributed by atoms with E-state index < -0.39 is 11.9 Å². The number of aryl methyl sites for hydroxylation is 1. The highest BCUT2D eigenvalue weighted by molar-refractivity contribution is 6.10. The second-order valence-electron chi connectivity index (χ2n) is 6.75. The molecule has 2 aromatic rings. The van der Waals surface area contributed by atoms with Crippen molar-refractivity contribution in [3.05, 3.63) is 71.3 Å². The van der Waals surface area contributed by atoms with Gasteiger partial charge < -0.3 is 9.47 Å². The summed E-state index contributed by atoms with van der Waals surface area (Å²) in [5, 5.41) is 0. The molecule has 0 saturated heterocycles. The molecule has 0 aliphatic heterocycles. The van der Waals surface area contributed by atoms with Crippen LogP contribution >= 0.6 is 0 Å². The number of esters is 1. The zero-order valence-electron chi connectivity index (χ0n) is 15.9. The lowest BCUT2D eigenvalue weighted by Crippen LogP contribution is -2.34. The molecule has 0 bridgehead atoms. The normalized spacial score (nSPS) is 19.4. The summed E-state index contributed by atoms with van der Waals surface area (Å²) < 4.78 is 10.5. The predicted octanol–water partition coefficient (Wildman–Crippen LogP) is 4.32. The van der Waals surface area contributed by atoms with Crippen LogP contribution in [0.3, 0.4) is 0 Å². The SMILES string of the molecule is CCOC(=O)C1C(=O)C=C(c2ccc(C)cc2)CC1c1cccc(OC)c1. The average molecular weight is 364 g/mol. The van der Waals surface area contributed by atoms with E-state index in [1.807, 2.05) is 55.5 Å². The van der Waals surface area contributed by atoms with Crippen LogP contribution in [0.2, 0.25) is 0 Å². The standard InChI is InChI=1S/C23H24O4/c1-4-27-23(25)22-20(17-6-5-7-19(12-17)26-3)13-18(14-21(22)24)16-10-8-15(2)9-11-16/h5-12,14,20,22H,4,13H2,1-3H3. The number of hydrogen-bond donors (Lipinski definition) is 0. The molecular formula is C23H24O4. The quantitative estimate of drug-likeness (QED) is 0.586. The lowest BCUT2D eigenvalue weighted by molar-refractivity contribution is -0.151. The smallest absolute Gasteiger partial charge is 0.317 e. The molecule has 140 valence electrons. The van der Waals surface area contributed by atoms with Gasteiger partial charge >= 0.3 is 5.97 Å². The van der Waals surface area contributed by atoms with Crippen LogP contribution in [0.15, 0.2) is 54.6 Å². The van der Waals surface area contributed by atoms with Gasteiger partial charge in [0.1, 0.15) is 11.7 Å². The Morgan fingerprint density at radius 1 is 1.15 bits per heavy atom. The van der Waals surface area contributed by atoms with E-state index in [-0.39, 0.29) is 18.3 Å². The second kappa shape index (κ2) is 8.21. The van der Waals surface area contributed by atoms with Crippen molar-refractivity contribution in [2.75, 3.05) is 13.7 Å². The highest BCUT2D eigenvalue weighted by Gasteiger charge is 2.39. The molecule has 0 fully saturated rings. The van der Waals surface area contributed by atoms with Crippen molar-refractivity contribution >= 4 is 17.3 Å². The van der Waals surface area contributed by atoms with Gasteiger partial charge in [0.2, 0.25) is 0 Å². The molecular weight excluding hydrogens is 340 g/mol. The highest BCUT2D eigenvalue weighted by Crippen LogP contribution is 2.41. The number of methoxy groups -OCH3 is 1. The first-order valence-corrected chi connectivity index (χ1v) is 9.15. The van der Waals surface area contributed by atoms with Crippen LogP contribution in [0.4, 0.5) is 0 Å². The Morgan fingerprint density at radius 2 is 1.89 bits per heavy atom. The molecule has 2 atom stereocenters. The third kappa shape index (κ3) is 4.11. The maximum Gasteiger partial charge on any atom is 0.317 e. The molecule has 1 aliphatic rings. The topological polar surface area (TPSA) is 52.6 Å². The molecule has 0 heterocycles. The Morgan fingerprint density at radius 3 is 2.56 bits per heavy atom. The number of benzene rings is 2. The number of rotatable bonds is 5. The average Bonchev–Trinajstić information content (AvgIpc) is 2.68. The van der Waals surface area contributed by atoms with Crippen molar-refractivity contribution in [2.45, 2.75) is 26.2 Å². The molecule has 1 aliphatic carbocycles. The summed E-state index contributed by atoms with van der Waals surface area (Å²) in [6.07, 6.45) is 2.19. The van der Waals surface area contributed by atoms with Crippen molar-refractivity contribution in [3.63, 3.8) is 0 Å². The molecule has 0 spiro atoms. The number of allylic oxidation sites excluding steroid dienone is 2. The van der Waals surface area contributed by atoms with Gasteiger partial charge in [-0.1, -0.05) is 42.0 Å². The van der Waals surface area contributed by atoms with Crippen LogP contribution in [0.25, 0.3) is 5.57 Å². The van der Waals surface area contributed by atoms with E-state index in [1.165, 1.54) is 0 Å². The Balaban J connectivity index is 2.02. The fourth-order valence-electron chi connectivity index (χ4n) is 3.54. The van der Waals surface area contributed by atoms with Crippen molar-refractivity contribution in [1.29, 1.82) is 0 Å². The first kappa shape index (κ1) is 18.9. The van der Waals surface area contributed by atoms with Gasteiger partial charge in [-0.05, 0) is 55.2 Å². The van der Waals surface area contributed by atoms with Crippen LogP contribution in [0, 0.1) is 12.8 Å². The van der Waals surface area contributed by atoms with E-state index in [9.17, 15) is 9.59 Å². The molecule has 27 heavy (non-hydrogen) atoms. The van der Waals surface area contributed by atoms with E-state index in [4.69, 9.17) is 9.47 Å². The molecule has 4 nitrogen and oxygen atoms in total. The lowest BCUT2D eigenvalue weighted by Gasteiger charge is -2.29. The van der Waals surface area contributed by atoms with Gasteiger partial charge in [-0.3, -0.25) is 9.59 Å². The minimum atomic E-state index is -0.828. The Labute approximate surface area is 159 Å². The minimum absolute atomic E-state index is 0.205. The zero-order chi connectivity index (χ0) is 19.4. The number of carbonyl (C=O) groups excluding carboxylic acids is 2. The van der Waals surface area contributed by atoms with Crippen LogP contribution < -0.4 is 4.74 Å². The number of carbonyl (C=O) groups is 2. The van der Waals surface area contributed by atoms with Crippen molar-refractivity contribution in [2.24, 2.45) is 5.92 Å². The van der Waals surface area contributed by atoms with E-state index in [1.54, 1.807) is 20.1 Å². The Hall–Kier alpha value is -2.88. The number of ether oxygens (including phenoxy) is 2. The van der Waals surface area contributed by atoms with E-state index >= 15 is 0 Å². The summed E-state index contributed by atoms with van der Waals surface area (Å²) in [7, 11) is 1.60. The number of ketones is 1. The highest BCUT2D eigenvalue weighted by atomic mass is 16.5. The maximum atomic E-state index is 12.9. The van der Waals surface area contributed by atoms with Gasteiger partial charge in [0.25, 0.3) is 0 Å². The third-order valence-corrected chi connectivity index (χ3v) is 4.95. The van der Waals surface area contributed by atoms with Gasteiger partial charge in [0, 0.05) is 5.92 Å². The van der Waals surface area contributed by atoms with E-state index in [0.717, 1.165) is 22.3 Å². The zero-order valence-corrected chi connectivity index (χ0v) is 15.9. The minimum Gasteiger partial charge on any atom is -0.497 e. The van der Waals surface area contributed by atoms with Crippen LogP contribution in [-0.2, 0) is 14.3 Å². The second-order valence-corrected chi connectivity index (χ2v) is 6.75. The first-order valence-electron chi connectivity index (χ1n) is 9.15. The number of hydrogen-bond acceptors (Lipinski definition) is 4. The molecule has 2 unspecified atom stereocenters. The predicted molar refractivity (Wildman–Crippen MR) is 105 cm³/mol. The Bertz CT molecular complexity index is 864. The summed E-state index contributed by atoms with van der Waals surface area (Å²) in [5.41, 5.74) is 4.01. The van der Waals surface area contributed by atoms with E-state index in [2.05, 4.69) is 0 Å². The summed E-state index contributed by atoms with van der Waals surface area (Å²) in [6, 6.07) is 15.6. The maximum absolute atomic E-state index is 12.9. The van der Waals surface area contributed by atoms with Crippen LogP contribution in [0.1, 0.15) is 36.0 Å². The lowest BCUT2D eigenvalue weighted by atomic mass is 9.73. The van der Waals surface area contributed by atoms with Crippen LogP contribution in [0.5, 0.6) is 5.75 Å². The van der Waals surface area contributed by atoms with Crippen molar-refractivity contribution < 1.29 is 19.1 Å². The molecule has 3 rings (SSSR count).